The number of imidazole rings is 1. The molecule has 0 aliphatic rings. The Hall–Kier alpha value is -2.50. The quantitative estimate of drug-likeness (QED) is 0.699. The van der Waals surface area contributed by atoms with Gasteiger partial charge in [0.15, 0.2) is 0 Å². The number of nitrogens with one attached hydrogen (secondary N) is 1. The Morgan fingerprint density at radius 1 is 1.53 bits per heavy atom. The van der Waals surface area contributed by atoms with Crippen molar-refractivity contribution in [3.63, 3.8) is 0 Å². The second kappa shape index (κ2) is 5.43. The lowest BCUT2D eigenvalue weighted by Crippen LogP contribution is -2.22. The summed E-state index contributed by atoms with van der Waals surface area (Å²) in [6, 6.07) is 5.09. The van der Waals surface area contributed by atoms with Gasteiger partial charge in [-0.2, -0.15) is 0 Å². The van der Waals surface area contributed by atoms with Gasteiger partial charge in [-0.25, -0.2) is 4.98 Å². The van der Waals surface area contributed by atoms with Crippen LogP contribution in [0.2, 0.25) is 0 Å². The summed E-state index contributed by atoms with van der Waals surface area (Å²) < 4.78 is 1.96. The van der Waals surface area contributed by atoms with E-state index < -0.39 is 5.91 Å². The molecule has 0 aliphatic heterocycles. The zero-order valence-corrected chi connectivity index (χ0v) is 10.7. The van der Waals surface area contributed by atoms with Crippen LogP contribution < -0.4 is 16.8 Å². The number of carbonyl (C=O) groups is 1. The van der Waals surface area contributed by atoms with Crippen molar-refractivity contribution in [3.8, 4) is 0 Å². The summed E-state index contributed by atoms with van der Waals surface area (Å²) in [6.45, 7) is 2.77. The molecule has 6 nitrogen and oxygen atoms in total. The Morgan fingerprint density at radius 2 is 2.32 bits per heavy atom. The molecule has 0 spiro atoms. The van der Waals surface area contributed by atoms with E-state index in [2.05, 4.69) is 10.3 Å². The van der Waals surface area contributed by atoms with Crippen LogP contribution in [0.3, 0.4) is 0 Å². The van der Waals surface area contributed by atoms with Gasteiger partial charge in [0.25, 0.3) is 0 Å². The molecule has 5 N–H and O–H groups in total. The number of nitrogens with zero attached hydrogens (tertiary/aromatic N) is 2. The minimum absolute atomic E-state index is 0.139. The highest BCUT2D eigenvalue weighted by Crippen LogP contribution is 2.21. The summed E-state index contributed by atoms with van der Waals surface area (Å²) in [6.07, 6.45) is 5.37. The smallest absolute Gasteiger partial charge is 0.248 e. The first-order chi connectivity index (χ1) is 9.06. The SMILES string of the molecule is CC(Cn1ccnc1)Nc1cc(C(N)=O)ccc1N. The third-order valence-corrected chi connectivity index (χ3v) is 2.78. The average Bonchev–Trinajstić information content (AvgIpc) is 2.84. The molecule has 0 saturated heterocycles. The molecular weight excluding hydrogens is 242 g/mol. The Morgan fingerprint density at radius 3 is 2.95 bits per heavy atom. The van der Waals surface area contributed by atoms with Crippen LogP contribution in [0.4, 0.5) is 11.4 Å². The van der Waals surface area contributed by atoms with Crippen molar-refractivity contribution < 1.29 is 4.79 Å². The predicted molar refractivity (Wildman–Crippen MR) is 74.7 cm³/mol. The first kappa shape index (κ1) is 12.9. The average molecular weight is 259 g/mol. The molecule has 1 heterocycles. The number of nitrogen functional groups attached to an aromatic ring is 1. The molecule has 1 amide bonds. The largest absolute Gasteiger partial charge is 0.397 e. The summed E-state index contributed by atoms with van der Waals surface area (Å²) in [5, 5.41) is 3.26. The molecule has 1 aromatic carbocycles. The van der Waals surface area contributed by atoms with Crippen LogP contribution in [0.1, 0.15) is 17.3 Å². The van der Waals surface area contributed by atoms with Gasteiger partial charge in [0.2, 0.25) is 5.91 Å². The van der Waals surface area contributed by atoms with E-state index in [4.69, 9.17) is 11.5 Å². The highest BCUT2D eigenvalue weighted by atomic mass is 16.1. The van der Waals surface area contributed by atoms with E-state index in [1.165, 1.54) is 0 Å². The molecular formula is C13H17N5O. The number of aromatic nitrogens is 2. The lowest BCUT2D eigenvalue weighted by Gasteiger charge is -2.17. The molecule has 100 valence electrons. The number of rotatable bonds is 5. The van der Waals surface area contributed by atoms with Gasteiger partial charge in [-0.1, -0.05) is 0 Å². The maximum atomic E-state index is 11.1. The minimum Gasteiger partial charge on any atom is -0.397 e. The Labute approximate surface area is 111 Å². The number of nitrogens with two attached hydrogens (primary N) is 2. The maximum Gasteiger partial charge on any atom is 0.248 e. The minimum atomic E-state index is -0.467. The lowest BCUT2D eigenvalue weighted by atomic mass is 10.1. The third kappa shape index (κ3) is 3.25. The number of primary amides is 1. The maximum absolute atomic E-state index is 11.1. The second-order valence-electron chi connectivity index (χ2n) is 4.47. The van der Waals surface area contributed by atoms with E-state index >= 15 is 0 Å². The molecule has 1 aromatic heterocycles. The van der Waals surface area contributed by atoms with Crippen molar-refractivity contribution in [1.82, 2.24) is 9.55 Å². The van der Waals surface area contributed by atoms with Crippen molar-refractivity contribution in [2.45, 2.75) is 19.5 Å². The van der Waals surface area contributed by atoms with Crippen LogP contribution in [-0.4, -0.2) is 21.5 Å². The monoisotopic (exact) mass is 259 g/mol. The Kier molecular flexibility index (Phi) is 3.70. The molecule has 0 saturated carbocycles. The summed E-state index contributed by atoms with van der Waals surface area (Å²) in [5.41, 5.74) is 12.9. The molecule has 0 aliphatic carbocycles. The van der Waals surface area contributed by atoms with E-state index in [9.17, 15) is 4.79 Å². The zero-order valence-electron chi connectivity index (χ0n) is 10.7. The molecule has 0 radical (unpaired) electrons. The van der Waals surface area contributed by atoms with Crippen LogP contribution in [0.5, 0.6) is 0 Å². The van der Waals surface area contributed by atoms with Crippen molar-refractivity contribution in [2.24, 2.45) is 5.73 Å². The van der Waals surface area contributed by atoms with Crippen LogP contribution in [0.15, 0.2) is 36.9 Å². The number of amides is 1. The molecule has 2 aromatic rings. The molecule has 1 unspecified atom stereocenters. The van der Waals surface area contributed by atoms with Gasteiger partial charge in [0, 0.05) is 30.5 Å². The van der Waals surface area contributed by atoms with Crippen LogP contribution in [0, 0.1) is 0 Å². The molecule has 0 bridgehead atoms. The number of carbonyl (C=O) groups excluding carboxylic acids is 1. The summed E-state index contributed by atoms with van der Waals surface area (Å²) in [7, 11) is 0. The fraction of sp³-hybridized carbons (Fsp3) is 0.231. The third-order valence-electron chi connectivity index (χ3n) is 2.78. The van der Waals surface area contributed by atoms with Crippen molar-refractivity contribution >= 4 is 17.3 Å². The van der Waals surface area contributed by atoms with Gasteiger partial charge in [-0.3, -0.25) is 4.79 Å². The van der Waals surface area contributed by atoms with E-state index in [0.717, 1.165) is 6.54 Å². The van der Waals surface area contributed by atoms with E-state index in [1.54, 1.807) is 30.7 Å². The van der Waals surface area contributed by atoms with Crippen molar-refractivity contribution in [1.29, 1.82) is 0 Å². The van der Waals surface area contributed by atoms with Crippen molar-refractivity contribution in [3.05, 3.63) is 42.5 Å². The fourth-order valence-corrected chi connectivity index (χ4v) is 1.86. The molecule has 2 rings (SSSR count). The summed E-state index contributed by atoms with van der Waals surface area (Å²) in [4.78, 5) is 15.1. The fourth-order valence-electron chi connectivity index (χ4n) is 1.86. The van der Waals surface area contributed by atoms with Gasteiger partial charge in [0.1, 0.15) is 0 Å². The van der Waals surface area contributed by atoms with Crippen LogP contribution in [-0.2, 0) is 6.54 Å². The standard InChI is InChI=1S/C13H17N5O/c1-9(7-18-5-4-16-8-18)17-12-6-10(13(15)19)2-3-11(12)14/h2-6,8-9,17H,7,14H2,1H3,(H2,15,19). The van der Waals surface area contributed by atoms with Gasteiger partial charge >= 0.3 is 0 Å². The normalized spacial score (nSPS) is 12.1. The van der Waals surface area contributed by atoms with Crippen molar-refractivity contribution in [2.75, 3.05) is 11.1 Å². The molecule has 6 heteroatoms. The van der Waals surface area contributed by atoms with E-state index in [-0.39, 0.29) is 6.04 Å². The summed E-state index contributed by atoms with van der Waals surface area (Å²) >= 11 is 0. The Bertz CT molecular complexity index is 564. The highest BCUT2D eigenvalue weighted by Gasteiger charge is 2.08. The van der Waals surface area contributed by atoms with Gasteiger partial charge < -0.3 is 21.4 Å². The number of hydrogen-bond donors (Lipinski definition) is 3. The summed E-state index contributed by atoms with van der Waals surface area (Å²) in [5.74, 6) is -0.467. The Balaban J connectivity index is 2.09. The molecule has 0 fully saturated rings. The predicted octanol–water partition coefficient (Wildman–Crippen LogP) is 1.06. The first-order valence-electron chi connectivity index (χ1n) is 5.98. The zero-order chi connectivity index (χ0) is 13.8. The topological polar surface area (TPSA) is 99.0 Å². The van der Waals surface area contributed by atoms with Gasteiger partial charge in [-0.15, -0.1) is 0 Å². The van der Waals surface area contributed by atoms with Gasteiger partial charge in [-0.05, 0) is 25.1 Å². The second-order valence-corrected chi connectivity index (χ2v) is 4.47. The number of anilines is 2. The molecule has 19 heavy (non-hydrogen) atoms. The lowest BCUT2D eigenvalue weighted by molar-refractivity contribution is 0.100. The first-order valence-corrected chi connectivity index (χ1v) is 5.98. The van der Waals surface area contributed by atoms with E-state index in [0.29, 0.717) is 16.9 Å². The van der Waals surface area contributed by atoms with Crippen LogP contribution in [0.25, 0.3) is 0 Å². The highest BCUT2D eigenvalue weighted by molar-refractivity contribution is 5.94. The number of hydrogen-bond acceptors (Lipinski definition) is 4. The number of benzene rings is 1. The van der Waals surface area contributed by atoms with Gasteiger partial charge in [0.05, 0.1) is 17.7 Å². The van der Waals surface area contributed by atoms with E-state index in [1.807, 2.05) is 17.7 Å². The van der Waals surface area contributed by atoms with Crippen LogP contribution >= 0.6 is 0 Å². The molecule has 1 atom stereocenters.